The van der Waals surface area contributed by atoms with Crippen molar-refractivity contribution in [3.8, 4) is 12.1 Å². The Morgan fingerprint density at radius 3 is 2.42 bits per heavy atom. The van der Waals surface area contributed by atoms with Crippen LogP contribution in [0.4, 0.5) is 0 Å². The first-order valence-electron chi connectivity index (χ1n) is 6.13. The molecule has 0 saturated heterocycles. The van der Waals surface area contributed by atoms with Crippen molar-refractivity contribution in [3.05, 3.63) is 35.4 Å². The van der Waals surface area contributed by atoms with Crippen LogP contribution in [0, 0.1) is 22.7 Å². The molecule has 0 N–H and O–H groups in total. The molecule has 1 rings (SSSR count). The Labute approximate surface area is 113 Å². The molecule has 4 heteroatoms. The van der Waals surface area contributed by atoms with Crippen LogP contribution in [0.1, 0.15) is 37.8 Å². The third-order valence-electron chi connectivity index (χ3n) is 3.11. The van der Waals surface area contributed by atoms with Crippen molar-refractivity contribution in [1.82, 2.24) is 0 Å². The topological polar surface area (TPSA) is 73.9 Å². The Morgan fingerprint density at radius 1 is 1.32 bits per heavy atom. The molecule has 4 nitrogen and oxygen atoms in total. The van der Waals surface area contributed by atoms with Crippen LogP contribution in [0.15, 0.2) is 24.3 Å². The highest BCUT2D eigenvalue weighted by atomic mass is 16.5. The van der Waals surface area contributed by atoms with Crippen LogP contribution in [-0.2, 0) is 14.9 Å². The van der Waals surface area contributed by atoms with Crippen molar-refractivity contribution in [1.29, 1.82) is 10.5 Å². The number of nitrogens with zero attached hydrogens (tertiary/aromatic N) is 2. The van der Waals surface area contributed by atoms with Crippen LogP contribution < -0.4 is 0 Å². The third kappa shape index (κ3) is 3.33. The normalized spacial score (nSPS) is 12.8. The van der Waals surface area contributed by atoms with E-state index in [1.807, 2.05) is 6.07 Å². The van der Waals surface area contributed by atoms with E-state index in [-0.39, 0.29) is 12.4 Å². The third-order valence-corrected chi connectivity index (χ3v) is 3.11. The molecule has 1 unspecified atom stereocenters. The maximum Gasteiger partial charge on any atom is 0.316 e. The molecule has 0 aromatic heterocycles. The van der Waals surface area contributed by atoms with E-state index in [2.05, 4.69) is 6.07 Å². The number of carbonyl (C=O) groups is 1. The van der Waals surface area contributed by atoms with Crippen LogP contribution in [-0.4, -0.2) is 12.6 Å². The number of carbonyl (C=O) groups excluding carboxylic acids is 1. The lowest BCUT2D eigenvalue weighted by molar-refractivity contribution is -0.149. The molecule has 1 aromatic rings. The molecule has 1 atom stereocenters. The summed E-state index contributed by atoms with van der Waals surface area (Å²) in [7, 11) is 0. The van der Waals surface area contributed by atoms with E-state index in [4.69, 9.17) is 15.3 Å². The molecule has 0 amide bonds. The van der Waals surface area contributed by atoms with E-state index in [1.54, 1.807) is 38.1 Å². The Kier molecular flexibility index (Phi) is 5.09. The molecular weight excluding hydrogens is 240 g/mol. The SMILES string of the molecule is CCOC(=O)C(C)(CCC#N)c1ccc(C#N)cc1. The largest absolute Gasteiger partial charge is 0.465 e. The molecule has 0 radical (unpaired) electrons. The minimum atomic E-state index is -0.847. The van der Waals surface area contributed by atoms with E-state index in [0.717, 1.165) is 5.56 Å². The van der Waals surface area contributed by atoms with Gasteiger partial charge in [0.2, 0.25) is 0 Å². The number of rotatable bonds is 5. The number of benzene rings is 1. The van der Waals surface area contributed by atoms with Gasteiger partial charge in [0.25, 0.3) is 0 Å². The van der Waals surface area contributed by atoms with Gasteiger partial charge < -0.3 is 4.74 Å². The first-order valence-corrected chi connectivity index (χ1v) is 6.13. The highest BCUT2D eigenvalue weighted by Gasteiger charge is 2.36. The molecule has 0 spiro atoms. The van der Waals surface area contributed by atoms with Gasteiger partial charge in [-0.05, 0) is 38.0 Å². The molecule has 0 saturated carbocycles. The average molecular weight is 256 g/mol. The smallest absolute Gasteiger partial charge is 0.316 e. The van der Waals surface area contributed by atoms with Gasteiger partial charge in [-0.1, -0.05) is 12.1 Å². The Bertz CT molecular complexity index is 523. The summed E-state index contributed by atoms with van der Waals surface area (Å²) in [6.45, 7) is 3.82. The molecule has 0 fully saturated rings. The van der Waals surface area contributed by atoms with Crippen molar-refractivity contribution in [2.45, 2.75) is 32.1 Å². The predicted octanol–water partition coefficient (Wildman–Crippen LogP) is 2.68. The van der Waals surface area contributed by atoms with Gasteiger partial charge in [-0.3, -0.25) is 4.79 Å². The summed E-state index contributed by atoms with van der Waals surface area (Å²) in [6.07, 6.45) is 0.670. The first kappa shape index (κ1) is 14.7. The van der Waals surface area contributed by atoms with Gasteiger partial charge in [0.15, 0.2) is 0 Å². The predicted molar refractivity (Wildman–Crippen MR) is 70.0 cm³/mol. The summed E-state index contributed by atoms with van der Waals surface area (Å²) in [4.78, 5) is 12.1. The van der Waals surface area contributed by atoms with Crippen molar-refractivity contribution in [2.75, 3.05) is 6.61 Å². The van der Waals surface area contributed by atoms with E-state index >= 15 is 0 Å². The van der Waals surface area contributed by atoms with Gasteiger partial charge in [0, 0.05) is 6.42 Å². The summed E-state index contributed by atoms with van der Waals surface area (Å²) < 4.78 is 5.10. The van der Waals surface area contributed by atoms with Gasteiger partial charge in [-0.2, -0.15) is 10.5 Å². The second-order valence-electron chi connectivity index (χ2n) is 4.40. The molecular formula is C15H16N2O2. The molecule has 98 valence electrons. The fourth-order valence-electron chi connectivity index (χ4n) is 1.87. The Balaban J connectivity index is 3.11. The van der Waals surface area contributed by atoms with E-state index in [0.29, 0.717) is 18.6 Å². The van der Waals surface area contributed by atoms with E-state index < -0.39 is 5.41 Å². The molecule has 0 aliphatic carbocycles. The molecule has 0 heterocycles. The van der Waals surface area contributed by atoms with E-state index in [9.17, 15) is 4.79 Å². The zero-order chi connectivity index (χ0) is 14.3. The zero-order valence-corrected chi connectivity index (χ0v) is 11.1. The summed E-state index contributed by atoms with van der Waals surface area (Å²) in [5, 5.41) is 17.5. The maximum absolute atomic E-state index is 12.1. The van der Waals surface area contributed by atoms with Gasteiger partial charge >= 0.3 is 5.97 Å². The molecule has 19 heavy (non-hydrogen) atoms. The zero-order valence-electron chi connectivity index (χ0n) is 11.1. The summed E-state index contributed by atoms with van der Waals surface area (Å²) >= 11 is 0. The molecule has 0 bridgehead atoms. The van der Waals surface area contributed by atoms with Gasteiger partial charge in [0.1, 0.15) is 0 Å². The van der Waals surface area contributed by atoms with Crippen LogP contribution >= 0.6 is 0 Å². The number of nitriles is 2. The Hall–Kier alpha value is -2.33. The second kappa shape index (κ2) is 6.56. The lowest BCUT2D eigenvalue weighted by atomic mass is 9.78. The van der Waals surface area contributed by atoms with Gasteiger partial charge in [0.05, 0.1) is 29.7 Å². The fourth-order valence-corrected chi connectivity index (χ4v) is 1.87. The number of hydrogen-bond donors (Lipinski definition) is 0. The van der Waals surface area contributed by atoms with E-state index in [1.165, 1.54) is 0 Å². The monoisotopic (exact) mass is 256 g/mol. The first-order chi connectivity index (χ1) is 9.08. The fraction of sp³-hybridized carbons (Fsp3) is 0.400. The number of esters is 1. The summed E-state index contributed by atoms with van der Waals surface area (Å²) in [6, 6.07) is 10.9. The van der Waals surface area contributed by atoms with Crippen LogP contribution in [0.2, 0.25) is 0 Å². The van der Waals surface area contributed by atoms with Crippen molar-refractivity contribution >= 4 is 5.97 Å². The highest BCUT2D eigenvalue weighted by Crippen LogP contribution is 2.30. The van der Waals surface area contributed by atoms with Gasteiger partial charge in [-0.15, -0.1) is 0 Å². The summed E-state index contributed by atoms with van der Waals surface area (Å²) in [5.41, 5.74) is 0.454. The molecule has 0 aliphatic rings. The summed E-state index contributed by atoms with van der Waals surface area (Å²) in [5.74, 6) is -0.338. The minimum absolute atomic E-state index is 0.273. The van der Waals surface area contributed by atoms with Crippen molar-refractivity contribution < 1.29 is 9.53 Å². The van der Waals surface area contributed by atoms with Crippen LogP contribution in [0.25, 0.3) is 0 Å². The lowest BCUT2D eigenvalue weighted by Gasteiger charge is -2.26. The average Bonchev–Trinajstić information content (AvgIpc) is 2.45. The minimum Gasteiger partial charge on any atom is -0.465 e. The van der Waals surface area contributed by atoms with Crippen LogP contribution in [0.3, 0.4) is 0 Å². The highest BCUT2D eigenvalue weighted by molar-refractivity contribution is 5.82. The number of ether oxygens (including phenoxy) is 1. The van der Waals surface area contributed by atoms with Crippen molar-refractivity contribution in [3.63, 3.8) is 0 Å². The molecule has 1 aromatic carbocycles. The van der Waals surface area contributed by atoms with Gasteiger partial charge in [-0.25, -0.2) is 0 Å². The second-order valence-corrected chi connectivity index (χ2v) is 4.40. The quantitative estimate of drug-likeness (QED) is 0.759. The van der Waals surface area contributed by atoms with Crippen LogP contribution in [0.5, 0.6) is 0 Å². The Morgan fingerprint density at radius 2 is 1.95 bits per heavy atom. The standard InChI is InChI=1S/C15H16N2O2/c1-3-19-14(18)15(2,9-4-10-16)13-7-5-12(11-17)6-8-13/h5-8H,3-4,9H2,1-2H3. The number of hydrogen-bond acceptors (Lipinski definition) is 4. The van der Waals surface area contributed by atoms with Crippen molar-refractivity contribution in [2.24, 2.45) is 0 Å². The lowest BCUT2D eigenvalue weighted by Crippen LogP contribution is -2.34. The maximum atomic E-state index is 12.1. The molecule has 0 aliphatic heterocycles.